The summed E-state index contributed by atoms with van der Waals surface area (Å²) in [5, 5.41) is 5.48. The number of sulfone groups is 1. The number of amides is 2. The quantitative estimate of drug-likeness (QED) is 0.877. The molecule has 0 saturated heterocycles. The van der Waals surface area contributed by atoms with Gasteiger partial charge in [0.15, 0.2) is 0 Å². The van der Waals surface area contributed by atoms with Gasteiger partial charge in [0.1, 0.15) is 0 Å². The molecule has 0 bridgehead atoms. The highest BCUT2D eigenvalue weighted by atomic mass is 32.2. The number of rotatable bonds is 4. The summed E-state index contributed by atoms with van der Waals surface area (Å²) >= 11 is 0. The lowest BCUT2D eigenvalue weighted by molar-refractivity contribution is 0.232. The molecule has 2 N–H and O–H groups in total. The van der Waals surface area contributed by atoms with Gasteiger partial charge in [0.25, 0.3) is 0 Å². The number of carbonyl (C=O) groups is 1. The molecule has 0 aliphatic heterocycles. The molecule has 1 aromatic rings. The van der Waals surface area contributed by atoms with Crippen molar-refractivity contribution in [1.29, 1.82) is 0 Å². The molecule has 128 valence electrons. The summed E-state index contributed by atoms with van der Waals surface area (Å²) < 4.78 is 47.5. The van der Waals surface area contributed by atoms with Crippen LogP contribution in [-0.2, 0) is 9.84 Å². The Morgan fingerprint density at radius 1 is 1.17 bits per heavy atom. The first-order chi connectivity index (χ1) is 10.8. The van der Waals surface area contributed by atoms with E-state index in [1.807, 2.05) is 0 Å². The molecule has 0 heterocycles. The summed E-state index contributed by atoms with van der Waals surface area (Å²) in [5.41, 5.74) is 0.346. The van der Waals surface area contributed by atoms with Crippen LogP contribution in [-0.4, -0.2) is 26.2 Å². The van der Waals surface area contributed by atoms with Crippen LogP contribution >= 0.6 is 0 Å². The number of carbonyl (C=O) groups excluding carboxylic acids is 1. The van der Waals surface area contributed by atoms with E-state index in [-0.39, 0.29) is 12.1 Å². The van der Waals surface area contributed by atoms with E-state index in [0.29, 0.717) is 11.6 Å². The number of halogens is 2. The summed E-state index contributed by atoms with van der Waals surface area (Å²) in [5.74, 6) is -3.05. The van der Waals surface area contributed by atoms with Crippen LogP contribution in [0.25, 0.3) is 0 Å². The molecule has 0 aromatic heterocycles. The van der Waals surface area contributed by atoms with Crippen molar-refractivity contribution >= 4 is 21.6 Å². The highest BCUT2D eigenvalue weighted by Crippen LogP contribution is 2.24. The first kappa shape index (κ1) is 17.7. The minimum atomic E-state index is -4.61. The number of hydrogen-bond donors (Lipinski definition) is 2. The lowest BCUT2D eigenvalue weighted by Gasteiger charge is -2.29. The lowest BCUT2D eigenvalue weighted by Crippen LogP contribution is -2.43. The number of hydrogen-bond acceptors (Lipinski definition) is 3. The second-order valence-corrected chi connectivity index (χ2v) is 7.71. The number of anilines is 1. The highest BCUT2D eigenvalue weighted by Gasteiger charge is 2.26. The van der Waals surface area contributed by atoms with Gasteiger partial charge < -0.3 is 10.6 Å². The van der Waals surface area contributed by atoms with Crippen LogP contribution in [0, 0.1) is 5.92 Å². The maximum atomic E-state index is 12.4. The summed E-state index contributed by atoms with van der Waals surface area (Å²) in [4.78, 5) is 11.5. The Bertz CT molecular complexity index is 647. The van der Waals surface area contributed by atoms with Gasteiger partial charge in [-0.15, -0.1) is 0 Å². The molecule has 2 amide bonds. The Morgan fingerprint density at radius 3 is 2.35 bits per heavy atom. The third-order valence-electron chi connectivity index (χ3n) is 4.10. The van der Waals surface area contributed by atoms with Crippen LogP contribution in [0.2, 0.25) is 0 Å². The van der Waals surface area contributed by atoms with Crippen LogP contribution in [0.5, 0.6) is 0 Å². The van der Waals surface area contributed by atoms with Crippen LogP contribution in [0.4, 0.5) is 19.3 Å². The van der Waals surface area contributed by atoms with Crippen molar-refractivity contribution in [2.75, 3.05) is 5.32 Å². The van der Waals surface area contributed by atoms with Gasteiger partial charge in [0, 0.05) is 11.7 Å². The van der Waals surface area contributed by atoms with E-state index >= 15 is 0 Å². The van der Waals surface area contributed by atoms with Gasteiger partial charge >= 0.3 is 11.8 Å². The third-order valence-corrected chi connectivity index (χ3v) is 5.50. The fraction of sp³-hybridized carbons (Fsp3) is 0.533. The second-order valence-electron chi connectivity index (χ2n) is 5.80. The van der Waals surface area contributed by atoms with Crippen LogP contribution < -0.4 is 10.6 Å². The smallest absolute Gasteiger partial charge is 0.335 e. The van der Waals surface area contributed by atoms with Crippen LogP contribution in [0.3, 0.4) is 0 Å². The van der Waals surface area contributed by atoms with Gasteiger partial charge in [0.2, 0.25) is 9.84 Å². The normalized spacial score (nSPS) is 21.9. The number of benzene rings is 1. The SMILES string of the molecule is C[C@@H]1CCCC[C@H]1NC(=O)Nc1ccc(S(=O)(=O)C(F)F)cc1. The Kier molecular flexibility index (Phi) is 5.56. The van der Waals surface area contributed by atoms with E-state index in [2.05, 4.69) is 17.6 Å². The average molecular weight is 346 g/mol. The summed E-state index contributed by atoms with van der Waals surface area (Å²) in [6, 6.07) is 4.43. The van der Waals surface area contributed by atoms with Gasteiger partial charge in [-0.3, -0.25) is 0 Å². The molecule has 2 atom stereocenters. The predicted molar refractivity (Wildman–Crippen MR) is 83.2 cm³/mol. The maximum absolute atomic E-state index is 12.4. The van der Waals surface area contributed by atoms with Gasteiger partial charge in [-0.2, -0.15) is 8.78 Å². The Labute approximate surface area is 134 Å². The summed E-state index contributed by atoms with van der Waals surface area (Å²) in [7, 11) is -4.61. The third kappa shape index (κ3) is 4.40. The molecular formula is C15H20F2N2O3S. The molecular weight excluding hydrogens is 326 g/mol. The Hall–Kier alpha value is -1.70. The Morgan fingerprint density at radius 2 is 1.78 bits per heavy atom. The highest BCUT2D eigenvalue weighted by molar-refractivity contribution is 7.91. The van der Waals surface area contributed by atoms with E-state index < -0.39 is 20.5 Å². The molecule has 5 nitrogen and oxygen atoms in total. The summed E-state index contributed by atoms with van der Waals surface area (Å²) in [6.45, 7) is 2.09. The predicted octanol–water partition coefficient (Wildman–Crippen LogP) is 3.38. The van der Waals surface area contributed by atoms with Crippen molar-refractivity contribution in [2.45, 2.75) is 49.3 Å². The zero-order valence-electron chi connectivity index (χ0n) is 12.8. The fourth-order valence-electron chi connectivity index (χ4n) is 2.70. The van der Waals surface area contributed by atoms with E-state index in [4.69, 9.17) is 0 Å². The first-order valence-corrected chi connectivity index (χ1v) is 9.05. The second kappa shape index (κ2) is 7.25. The van der Waals surface area contributed by atoms with E-state index in [9.17, 15) is 22.0 Å². The van der Waals surface area contributed by atoms with Gasteiger partial charge in [0.05, 0.1) is 4.90 Å². The van der Waals surface area contributed by atoms with E-state index in [0.717, 1.165) is 31.4 Å². The van der Waals surface area contributed by atoms with Gasteiger partial charge in [-0.1, -0.05) is 19.8 Å². The standard InChI is InChI=1S/C15H20F2N2O3S/c1-10-4-2-3-5-13(10)19-15(20)18-11-6-8-12(9-7-11)23(21,22)14(16)17/h6-10,13-14H,2-5H2,1H3,(H2,18,19,20)/t10-,13-/m1/s1. The minimum Gasteiger partial charge on any atom is -0.335 e. The Balaban J connectivity index is 1.97. The van der Waals surface area contributed by atoms with Crippen molar-refractivity contribution < 1.29 is 22.0 Å². The molecule has 0 radical (unpaired) electrons. The topological polar surface area (TPSA) is 75.3 Å². The molecule has 1 fully saturated rings. The van der Waals surface area contributed by atoms with Crippen molar-refractivity contribution in [3.05, 3.63) is 24.3 Å². The molecule has 1 aliphatic carbocycles. The first-order valence-electron chi connectivity index (χ1n) is 7.50. The fourth-order valence-corrected chi connectivity index (χ4v) is 3.42. The summed E-state index contributed by atoms with van der Waals surface area (Å²) in [6.07, 6.45) is 4.25. The molecule has 0 unspecified atom stereocenters. The van der Waals surface area contributed by atoms with Crippen molar-refractivity contribution in [2.24, 2.45) is 5.92 Å². The van der Waals surface area contributed by atoms with E-state index in [1.54, 1.807) is 0 Å². The zero-order valence-corrected chi connectivity index (χ0v) is 13.6. The number of urea groups is 1. The monoisotopic (exact) mass is 346 g/mol. The van der Waals surface area contributed by atoms with Gasteiger partial charge in [-0.25, -0.2) is 13.2 Å². The van der Waals surface area contributed by atoms with Crippen LogP contribution in [0.15, 0.2) is 29.2 Å². The number of alkyl halides is 2. The molecule has 2 rings (SSSR count). The van der Waals surface area contributed by atoms with Crippen molar-refractivity contribution in [3.8, 4) is 0 Å². The van der Waals surface area contributed by atoms with Crippen molar-refractivity contribution in [1.82, 2.24) is 5.32 Å². The molecule has 1 saturated carbocycles. The van der Waals surface area contributed by atoms with E-state index in [1.165, 1.54) is 18.6 Å². The number of nitrogens with one attached hydrogen (secondary N) is 2. The molecule has 23 heavy (non-hydrogen) atoms. The molecule has 1 aromatic carbocycles. The van der Waals surface area contributed by atoms with Crippen molar-refractivity contribution in [3.63, 3.8) is 0 Å². The van der Waals surface area contributed by atoms with Gasteiger partial charge in [-0.05, 0) is 43.0 Å². The molecule has 8 heteroatoms. The zero-order chi connectivity index (χ0) is 17.0. The maximum Gasteiger partial charge on any atom is 0.341 e. The molecule has 0 spiro atoms. The average Bonchev–Trinajstić information content (AvgIpc) is 2.50. The lowest BCUT2D eigenvalue weighted by atomic mass is 9.86. The largest absolute Gasteiger partial charge is 0.341 e. The van der Waals surface area contributed by atoms with Crippen LogP contribution in [0.1, 0.15) is 32.6 Å². The molecule has 1 aliphatic rings. The minimum absolute atomic E-state index is 0.113.